The summed E-state index contributed by atoms with van der Waals surface area (Å²) in [5, 5.41) is 0. The molecule has 0 fully saturated rings. The summed E-state index contributed by atoms with van der Waals surface area (Å²) in [6, 6.07) is 3.75. The minimum absolute atomic E-state index is 0.00195. The highest BCUT2D eigenvalue weighted by molar-refractivity contribution is 7.89. The monoisotopic (exact) mass is 307 g/mol. The number of hydrogen-bond donors (Lipinski definition) is 1. The van der Waals surface area contributed by atoms with Crippen LogP contribution in [-0.2, 0) is 10.0 Å². The first-order valence-electron chi connectivity index (χ1n) is 6.18. The van der Waals surface area contributed by atoms with Gasteiger partial charge < -0.3 is 0 Å². The molecule has 0 heterocycles. The van der Waals surface area contributed by atoms with Crippen LogP contribution in [0.2, 0.25) is 0 Å². The maximum absolute atomic E-state index is 13.1. The highest BCUT2D eigenvalue weighted by Crippen LogP contribution is 2.16. The van der Waals surface area contributed by atoms with Gasteiger partial charge in [0.05, 0.1) is 4.90 Å². The largest absolute Gasteiger partial charge is 0.240 e. The lowest BCUT2D eigenvalue weighted by Gasteiger charge is -2.10. The maximum Gasteiger partial charge on any atom is 0.240 e. The summed E-state index contributed by atoms with van der Waals surface area (Å²) in [4.78, 5) is -0.00195. The number of rotatable bonds is 7. The van der Waals surface area contributed by atoms with Crippen LogP contribution in [0.5, 0.6) is 0 Å². The molecule has 0 saturated carbocycles. The number of sulfonamides is 1. The molecule has 0 bridgehead atoms. The fraction of sp³-hybridized carbons (Fsp3) is 0.538. The molecule has 0 aliphatic rings. The molecule has 1 aromatic carbocycles. The molecule has 1 aromatic rings. The van der Waals surface area contributed by atoms with Gasteiger partial charge in [-0.3, -0.25) is 0 Å². The number of aryl methyl sites for hydroxylation is 1. The Balaban J connectivity index is 2.64. The molecule has 0 radical (unpaired) electrons. The average Bonchev–Trinajstić information content (AvgIpc) is 2.37. The zero-order chi connectivity index (χ0) is 14.5. The van der Waals surface area contributed by atoms with Gasteiger partial charge in [0.25, 0.3) is 0 Å². The molecule has 0 saturated heterocycles. The van der Waals surface area contributed by atoms with Gasteiger partial charge in [-0.15, -0.1) is 11.6 Å². The fourth-order valence-corrected chi connectivity index (χ4v) is 3.16. The van der Waals surface area contributed by atoms with Crippen LogP contribution in [-0.4, -0.2) is 20.8 Å². The molecule has 1 N–H and O–H groups in total. The first kappa shape index (κ1) is 16.4. The number of alkyl halides is 1. The van der Waals surface area contributed by atoms with Gasteiger partial charge in [0, 0.05) is 12.4 Å². The first-order chi connectivity index (χ1) is 8.86. The van der Waals surface area contributed by atoms with Crippen LogP contribution < -0.4 is 4.72 Å². The molecule has 0 aliphatic carbocycles. The lowest BCUT2D eigenvalue weighted by molar-refractivity contribution is 0.542. The number of hydrogen-bond acceptors (Lipinski definition) is 2. The molecule has 19 heavy (non-hydrogen) atoms. The van der Waals surface area contributed by atoms with E-state index in [-0.39, 0.29) is 4.90 Å². The predicted molar refractivity (Wildman–Crippen MR) is 75.4 cm³/mol. The highest BCUT2D eigenvalue weighted by Gasteiger charge is 2.17. The van der Waals surface area contributed by atoms with Gasteiger partial charge in [0.1, 0.15) is 5.82 Å². The summed E-state index contributed by atoms with van der Waals surface area (Å²) >= 11 is 5.67. The quantitative estimate of drug-likeness (QED) is 0.621. The first-order valence-corrected chi connectivity index (χ1v) is 8.20. The average molecular weight is 308 g/mol. The van der Waals surface area contributed by atoms with Crippen molar-refractivity contribution in [2.45, 2.75) is 31.6 Å². The Labute approximate surface area is 119 Å². The lowest BCUT2D eigenvalue weighted by Crippen LogP contribution is -2.26. The van der Waals surface area contributed by atoms with Crippen LogP contribution >= 0.6 is 11.6 Å². The minimum Gasteiger partial charge on any atom is -0.211 e. The molecule has 1 atom stereocenters. The summed E-state index contributed by atoms with van der Waals surface area (Å²) < 4.78 is 39.6. The van der Waals surface area contributed by atoms with E-state index in [1.54, 1.807) is 6.92 Å². The van der Waals surface area contributed by atoms with Crippen molar-refractivity contribution in [3.63, 3.8) is 0 Å². The number of nitrogens with one attached hydrogen (secondary N) is 1. The SMILES string of the molecule is Cc1ccc(F)cc1S(=O)(=O)NCCCC(C)CCl. The van der Waals surface area contributed by atoms with Crippen LogP contribution in [0.15, 0.2) is 23.1 Å². The molecule has 3 nitrogen and oxygen atoms in total. The maximum atomic E-state index is 13.1. The van der Waals surface area contributed by atoms with E-state index in [9.17, 15) is 12.8 Å². The second-order valence-electron chi connectivity index (χ2n) is 4.71. The summed E-state index contributed by atoms with van der Waals surface area (Å²) in [5.41, 5.74) is 0.531. The van der Waals surface area contributed by atoms with Crippen molar-refractivity contribution in [2.24, 2.45) is 5.92 Å². The van der Waals surface area contributed by atoms with Crippen LogP contribution in [0, 0.1) is 18.7 Å². The van der Waals surface area contributed by atoms with E-state index in [1.165, 1.54) is 12.1 Å². The van der Waals surface area contributed by atoms with Gasteiger partial charge in [-0.05, 0) is 43.4 Å². The Kier molecular flexibility index (Phi) is 6.23. The van der Waals surface area contributed by atoms with Gasteiger partial charge >= 0.3 is 0 Å². The van der Waals surface area contributed by atoms with Gasteiger partial charge in [-0.25, -0.2) is 17.5 Å². The van der Waals surface area contributed by atoms with Crippen LogP contribution in [0.4, 0.5) is 4.39 Å². The Morgan fingerprint density at radius 3 is 2.74 bits per heavy atom. The summed E-state index contributed by atoms with van der Waals surface area (Å²) in [6.07, 6.45) is 1.57. The third kappa shape index (κ3) is 5.09. The predicted octanol–water partition coefficient (Wildman–Crippen LogP) is 3.07. The van der Waals surface area contributed by atoms with E-state index in [4.69, 9.17) is 11.6 Å². The van der Waals surface area contributed by atoms with Crippen LogP contribution in [0.3, 0.4) is 0 Å². The van der Waals surface area contributed by atoms with E-state index < -0.39 is 15.8 Å². The van der Waals surface area contributed by atoms with Gasteiger partial charge in [-0.2, -0.15) is 0 Å². The van der Waals surface area contributed by atoms with Crippen molar-refractivity contribution in [2.75, 3.05) is 12.4 Å². The lowest BCUT2D eigenvalue weighted by atomic mass is 10.1. The van der Waals surface area contributed by atoms with Crippen LogP contribution in [0.25, 0.3) is 0 Å². The van der Waals surface area contributed by atoms with E-state index in [1.807, 2.05) is 6.92 Å². The zero-order valence-corrected chi connectivity index (χ0v) is 12.7. The van der Waals surface area contributed by atoms with Gasteiger partial charge in [-0.1, -0.05) is 13.0 Å². The molecule has 1 unspecified atom stereocenters. The molecular weight excluding hydrogens is 289 g/mol. The summed E-state index contributed by atoms with van der Waals surface area (Å²) in [7, 11) is -3.64. The Hall–Kier alpha value is -0.650. The molecule has 108 valence electrons. The topological polar surface area (TPSA) is 46.2 Å². The van der Waals surface area contributed by atoms with E-state index in [2.05, 4.69) is 4.72 Å². The molecule has 0 amide bonds. The number of halogens is 2. The molecule has 0 aliphatic heterocycles. The molecule has 0 spiro atoms. The Morgan fingerprint density at radius 1 is 1.42 bits per heavy atom. The Bertz CT molecular complexity index is 519. The third-order valence-electron chi connectivity index (χ3n) is 2.87. The van der Waals surface area contributed by atoms with Crippen molar-refractivity contribution < 1.29 is 12.8 Å². The minimum atomic E-state index is -3.64. The smallest absolute Gasteiger partial charge is 0.211 e. The zero-order valence-electron chi connectivity index (χ0n) is 11.1. The van der Waals surface area contributed by atoms with Gasteiger partial charge in [0.15, 0.2) is 0 Å². The number of benzene rings is 1. The van der Waals surface area contributed by atoms with Crippen molar-refractivity contribution in [1.82, 2.24) is 4.72 Å². The second-order valence-corrected chi connectivity index (χ2v) is 6.75. The standard InChI is InChI=1S/C13H19ClFNO2S/c1-10(9-14)4-3-7-16-19(17,18)13-8-12(15)6-5-11(13)2/h5-6,8,10,16H,3-4,7,9H2,1-2H3. The van der Waals surface area contributed by atoms with Crippen molar-refractivity contribution >= 4 is 21.6 Å². The summed E-state index contributed by atoms with van der Waals surface area (Å²) in [6.45, 7) is 3.99. The van der Waals surface area contributed by atoms with Crippen molar-refractivity contribution in [3.8, 4) is 0 Å². The molecular formula is C13H19ClFNO2S. The van der Waals surface area contributed by atoms with Gasteiger partial charge in [0.2, 0.25) is 10.0 Å². The van der Waals surface area contributed by atoms with E-state index >= 15 is 0 Å². The third-order valence-corrected chi connectivity index (χ3v) is 5.00. The highest BCUT2D eigenvalue weighted by atomic mass is 35.5. The van der Waals surface area contributed by atoms with Crippen molar-refractivity contribution in [3.05, 3.63) is 29.6 Å². The van der Waals surface area contributed by atoms with E-state index in [0.29, 0.717) is 30.3 Å². The summed E-state index contributed by atoms with van der Waals surface area (Å²) in [5.74, 6) is 0.374. The second kappa shape index (κ2) is 7.22. The van der Waals surface area contributed by atoms with Crippen LogP contribution in [0.1, 0.15) is 25.3 Å². The Morgan fingerprint density at radius 2 is 2.11 bits per heavy atom. The molecule has 1 rings (SSSR count). The van der Waals surface area contributed by atoms with Crippen molar-refractivity contribution in [1.29, 1.82) is 0 Å². The molecule has 6 heteroatoms. The van der Waals surface area contributed by atoms with E-state index in [0.717, 1.165) is 12.5 Å². The normalized spacial score (nSPS) is 13.5. The molecule has 0 aromatic heterocycles. The fourth-order valence-electron chi connectivity index (χ4n) is 1.68.